The minimum absolute atomic E-state index is 0.145. The summed E-state index contributed by atoms with van der Waals surface area (Å²) in [4.78, 5) is 12.5. The van der Waals surface area contributed by atoms with E-state index in [2.05, 4.69) is 20.6 Å². The molecule has 2 heterocycles. The molecule has 0 spiro atoms. The van der Waals surface area contributed by atoms with Crippen molar-refractivity contribution in [2.45, 2.75) is 37.2 Å². The molecule has 2 aromatic heterocycles. The standard InChI is InChI=1S/C18H21FN6OS/c1-11(2)25-15(9-10-20-25)21-17(26)12(3)27-18-23-22-16(24(18)4)13-5-7-14(19)8-6-13/h5-12H,1-4H3,(H,21,26)/t12-/m1/s1. The van der Waals surface area contributed by atoms with Gasteiger partial charge in [0.1, 0.15) is 11.6 Å². The Morgan fingerprint density at radius 1 is 1.15 bits per heavy atom. The minimum Gasteiger partial charge on any atom is -0.310 e. The molecule has 142 valence electrons. The van der Waals surface area contributed by atoms with Crippen molar-refractivity contribution < 1.29 is 9.18 Å². The number of rotatable bonds is 6. The lowest BCUT2D eigenvalue weighted by atomic mass is 10.2. The van der Waals surface area contributed by atoms with E-state index in [1.165, 1.54) is 23.9 Å². The summed E-state index contributed by atoms with van der Waals surface area (Å²) < 4.78 is 16.7. The van der Waals surface area contributed by atoms with Crippen molar-refractivity contribution in [3.05, 3.63) is 42.3 Å². The van der Waals surface area contributed by atoms with Gasteiger partial charge in [-0.2, -0.15) is 5.10 Å². The van der Waals surface area contributed by atoms with E-state index in [4.69, 9.17) is 0 Å². The summed E-state index contributed by atoms with van der Waals surface area (Å²) in [5, 5.41) is 15.7. The lowest BCUT2D eigenvalue weighted by molar-refractivity contribution is -0.115. The first-order valence-electron chi connectivity index (χ1n) is 8.53. The zero-order valence-electron chi connectivity index (χ0n) is 15.5. The zero-order valence-corrected chi connectivity index (χ0v) is 16.4. The number of hydrogen-bond donors (Lipinski definition) is 1. The Labute approximate surface area is 161 Å². The highest BCUT2D eigenvalue weighted by Gasteiger charge is 2.21. The van der Waals surface area contributed by atoms with Gasteiger partial charge >= 0.3 is 0 Å². The van der Waals surface area contributed by atoms with Gasteiger partial charge in [0.2, 0.25) is 5.91 Å². The molecule has 0 fully saturated rings. The minimum atomic E-state index is -0.385. The van der Waals surface area contributed by atoms with Crippen molar-refractivity contribution in [1.29, 1.82) is 0 Å². The number of aromatic nitrogens is 5. The second kappa shape index (κ2) is 7.91. The van der Waals surface area contributed by atoms with Crippen LogP contribution in [-0.2, 0) is 11.8 Å². The van der Waals surface area contributed by atoms with Crippen LogP contribution >= 0.6 is 11.8 Å². The van der Waals surface area contributed by atoms with Gasteiger partial charge in [-0.05, 0) is 45.0 Å². The van der Waals surface area contributed by atoms with E-state index >= 15 is 0 Å². The number of nitrogens with zero attached hydrogens (tertiary/aromatic N) is 5. The van der Waals surface area contributed by atoms with Crippen LogP contribution in [0.1, 0.15) is 26.8 Å². The first-order chi connectivity index (χ1) is 12.9. The van der Waals surface area contributed by atoms with Gasteiger partial charge in [0.15, 0.2) is 11.0 Å². The van der Waals surface area contributed by atoms with E-state index in [1.807, 2.05) is 27.8 Å². The van der Waals surface area contributed by atoms with Crippen LogP contribution in [0.2, 0.25) is 0 Å². The summed E-state index contributed by atoms with van der Waals surface area (Å²) in [7, 11) is 1.82. The Hall–Kier alpha value is -2.68. The highest BCUT2D eigenvalue weighted by Crippen LogP contribution is 2.26. The molecule has 3 aromatic rings. The molecule has 0 aliphatic carbocycles. The molecule has 0 aliphatic heterocycles. The Morgan fingerprint density at radius 3 is 2.52 bits per heavy atom. The molecule has 1 N–H and O–H groups in total. The molecule has 0 aliphatic rings. The number of halogens is 1. The Morgan fingerprint density at radius 2 is 1.85 bits per heavy atom. The van der Waals surface area contributed by atoms with Gasteiger partial charge in [0, 0.05) is 24.7 Å². The van der Waals surface area contributed by atoms with Crippen LogP contribution in [0.25, 0.3) is 11.4 Å². The maximum Gasteiger partial charge on any atom is 0.238 e. The van der Waals surface area contributed by atoms with Crippen LogP contribution in [0, 0.1) is 5.82 Å². The van der Waals surface area contributed by atoms with Crippen molar-refractivity contribution in [3.8, 4) is 11.4 Å². The molecule has 0 saturated heterocycles. The summed E-state index contributed by atoms with van der Waals surface area (Å²) in [6.07, 6.45) is 1.66. The highest BCUT2D eigenvalue weighted by molar-refractivity contribution is 8.00. The number of thioether (sulfide) groups is 1. The van der Waals surface area contributed by atoms with Crippen LogP contribution in [0.4, 0.5) is 10.2 Å². The third kappa shape index (κ3) is 4.19. The van der Waals surface area contributed by atoms with Gasteiger partial charge in [-0.1, -0.05) is 11.8 Å². The van der Waals surface area contributed by atoms with Gasteiger partial charge in [0.25, 0.3) is 0 Å². The van der Waals surface area contributed by atoms with Gasteiger partial charge in [0.05, 0.1) is 11.4 Å². The molecule has 0 radical (unpaired) electrons. The molecular weight excluding hydrogens is 367 g/mol. The van der Waals surface area contributed by atoms with Crippen LogP contribution in [0.3, 0.4) is 0 Å². The summed E-state index contributed by atoms with van der Waals surface area (Å²) in [5.41, 5.74) is 0.760. The Balaban J connectivity index is 1.70. The van der Waals surface area contributed by atoms with E-state index in [9.17, 15) is 9.18 Å². The number of hydrogen-bond acceptors (Lipinski definition) is 5. The molecule has 0 unspecified atom stereocenters. The first-order valence-corrected chi connectivity index (χ1v) is 9.41. The van der Waals surface area contributed by atoms with Crippen molar-refractivity contribution in [1.82, 2.24) is 24.5 Å². The number of amides is 1. The first kappa shape index (κ1) is 19.1. The van der Waals surface area contributed by atoms with Crippen LogP contribution in [0.5, 0.6) is 0 Å². The lowest BCUT2D eigenvalue weighted by Gasteiger charge is -2.14. The Kier molecular flexibility index (Phi) is 5.59. The lowest BCUT2D eigenvalue weighted by Crippen LogP contribution is -2.25. The number of benzene rings is 1. The second-order valence-corrected chi connectivity index (χ2v) is 7.68. The van der Waals surface area contributed by atoms with Crippen LogP contribution in [-0.4, -0.2) is 35.7 Å². The third-order valence-electron chi connectivity index (χ3n) is 4.00. The normalized spacial score (nSPS) is 12.4. The van der Waals surface area contributed by atoms with Gasteiger partial charge in [-0.15, -0.1) is 10.2 Å². The number of carbonyl (C=O) groups is 1. The number of nitrogens with one attached hydrogen (secondary N) is 1. The number of anilines is 1. The summed E-state index contributed by atoms with van der Waals surface area (Å²) in [5.74, 6) is 0.825. The molecule has 0 bridgehead atoms. The monoisotopic (exact) mass is 388 g/mol. The fraction of sp³-hybridized carbons (Fsp3) is 0.333. The molecule has 3 rings (SSSR count). The molecule has 1 aromatic carbocycles. The number of carbonyl (C=O) groups excluding carboxylic acids is 1. The van der Waals surface area contributed by atoms with Gasteiger partial charge < -0.3 is 9.88 Å². The maximum atomic E-state index is 13.1. The quantitative estimate of drug-likeness (QED) is 0.654. The van der Waals surface area contributed by atoms with Gasteiger partial charge in [-0.3, -0.25) is 4.79 Å². The molecule has 9 heteroatoms. The zero-order chi connectivity index (χ0) is 19.6. The fourth-order valence-corrected chi connectivity index (χ4v) is 3.35. The van der Waals surface area contributed by atoms with E-state index in [0.29, 0.717) is 16.8 Å². The predicted molar refractivity (Wildman–Crippen MR) is 103 cm³/mol. The Bertz CT molecular complexity index is 934. The highest BCUT2D eigenvalue weighted by atomic mass is 32.2. The van der Waals surface area contributed by atoms with Crippen molar-refractivity contribution in [3.63, 3.8) is 0 Å². The van der Waals surface area contributed by atoms with E-state index < -0.39 is 0 Å². The molecule has 1 atom stereocenters. The average Bonchev–Trinajstić information content (AvgIpc) is 3.23. The topological polar surface area (TPSA) is 77.6 Å². The summed E-state index contributed by atoms with van der Waals surface area (Å²) in [6, 6.07) is 7.98. The van der Waals surface area contributed by atoms with E-state index in [0.717, 1.165) is 5.56 Å². The van der Waals surface area contributed by atoms with Gasteiger partial charge in [-0.25, -0.2) is 9.07 Å². The molecule has 1 amide bonds. The largest absolute Gasteiger partial charge is 0.310 e. The van der Waals surface area contributed by atoms with Crippen LogP contribution in [0.15, 0.2) is 41.7 Å². The van der Waals surface area contributed by atoms with Crippen molar-refractivity contribution >= 4 is 23.5 Å². The van der Waals surface area contributed by atoms with Crippen molar-refractivity contribution in [2.24, 2.45) is 7.05 Å². The second-order valence-electron chi connectivity index (χ2n) is 6.38. The smallest absolute Gasteiger partial charge is 0.238 e. The maximum absolute atomic E-state index is 13.1. The predicted octanol–water partition coefficient (Wildman–Crippen LogP) is 3.52. The molecule has 27 heavy (non-hydrogen) atoms. The summed E-state index contributed by atoms with van der Waals surface area (Å²) >= 11 is 1.31. The third-order valence-corrected chi connectivity index (χ3v) is 5.13. The SMILES string of the molecule is CC(C)n1nccc1NC(=O)[C@@H](C)Sc1nnc(-c2ccc(F)cc2)n1C. The van der Waals surface area contributed by atoms with E-state index in [1.54, 1.807) is 33.6 Å². The summed E-state index contributed by atoms with van der Waals surface area (Å²) in [6.45, 7) is 5.80. The average molecular weight is 388 g/mol. The van der Waals surface area contributed by atoms with Crippen LogP contribution < -0.4 is 5.32 Å². The van der Waals surface area contributed by atoms with E-state index in [-0.39, 0.29) is 23.0 Å². The molecular formula is C18H21FN6OS. The fourth-order valence-electron chi connectivity index (χ4n) is 2.53. The van der Waals surface area contributed by atoms with Crippen molar-refractivity contribution in [2.75, 3.05) is 5.32 Å². The molecule has 7 nitrogen and oxygen atoms in total. The molecule has 0 saturated carbocycles.